The molecule has 7 heteroatoms. The molecule has 0 radical (unpaired) electrons. The molecule has 1 N–H and O–H groups in total. The Balaban J connectivity index is 1.57. The third kappa shape index (κ3) is 3.77. The van der Waals surface area contributed by atoms with Crippen LogP contribution in [0.4, 0.5) is 4.39 Å². The number of amides is 1. The average Bonchev–Trinajstić information content (AvgIpc) is 2.78. The lowest BCUT2D eigenvalue weighted by molar-refractivity contribution is 0.0951. The second-order valence-electron chi connectivity index (χ2n) is 6.63. The van der Waals surface area contributed by atoms with Crippen molar-refractivity contribution in [2.45, 2.75) is 6.54 Å². The highest BCUT2D eigenvalue weighted by atomic mass is 19.1. The molecular weight excluding hydrogens is 385 g/mol. The quantitative estimate of drug-likeness (QED) is 0.554. The maximum absolute atomic E-state index is 14.0. The van der Waals surface area contributed by atoms with E-state index < -0.39 is 11.4 Å². The zero-order valence-corrected chi connectivity index (χ0v) is 16.1. The highest BCUT2D eigenvalue weighted by molar-refractivity contribution is 5.97. The van der Waals surface area contributed by atoms with Crippen LogP contribution < -0.4 is 15.6 Å². The molecule has 150 valence electrons. The van der Waals surface area contributed by atoms with Gasteiger partial charge in [-0.2, -0.15) is 0 Å². The van der Waals surface area contributed by atoms with Crippen molar-refractivity contribution in [2.75, 3.05) is 7.11 Å². The van der Waals surface area contributed by atoms with Gasteiger partial charge in [0, 0.05) is 12.1 Å². The minimum atomic E-state index is -0.518. The number of carbonyl (C=O) groups excluding carboxylic acids is 1. The molecule has 0 aliphatic heterocycles. The summed E-state index contributed by atoms with van der Waals surface area (Å²) < 4.78 is 20.3. The number of para-hydroxylation sites is 1. The molecule has 0 saturated heterocycles. The van der Waals surface area contributed by atoms with Gasteiger partial charge in [-0.15, -0.1) is 0 Å². The van der Waals surface area contributed by atoms with Crippen LogP contribution >= 0.6 is 0 Å². The van der Waals surface area contributed by atoms with E-state index in [0.717, 1.165) is 15.9 Å². The Labute approximate surface area is 171 Å². The topological polar surface area (TPSA) is 73.2 Å². The molecule has 4 aromatic rings. The van der Waals surface area contributed by atoms with Gasteiger partial charge in [0.05, 0.1) is 23.7 Å². The summed E-state index contributed by atoms with van der Waals surface area (Å²) in [6.07, 6.45) is 1.27. The summed E-state index contributed by atoms with van der Waals surface area (Å²) in [7, 11) is 1.59. The van der Waals surface area contributed by atoms with Crippen molar-refractivity contribution in [3.8, 4) is 11.4 Å². The number of nitrogens with zero attached hydrogens (tertiary/aromatic N) is 2. The number of fused-ring (bicyclic) bond motifs is 1. The Morgan fingerprint density at radius 1 is 1.10 bits per heavy atom. The summed E-state index contributed by atoms with van der Waals surface area (Å²) >= 11 is 0. The van der Waals surface area contributed by atoms with Gasteiger partial charge in [-0.25, -0.2) is 9.37 Å². The van der Waals surface area contributed by atoms with Crippen LogP contribution in [-0.2, 0) is 6.54 Å². The predicted octanol–water partition coefficient (Wildman–Crippen LogP) is 3.46. The van der Waals surface area contributed by atoms with Crippen molar-refractivity contribution in [1.29, 1.82) is 0 Å². The van der Waals surface area contributed by atoms with E-state index in [1.807, 2.05) is 24.3 Å². The van der Waals surface area contributed by atoms with Crippen LogP contribution in [0.15, 0.2) is 77.9 Å². The summed E-state index contributed by atoms with van der Waals surface area (Å²) in [5.41, 5.74) is 1.39. The molecule has 30 heavy (non-hydrogen) atoms. The van der Waals surface area contributed by atoms with Gasteiger partial charge in [-0.05, 0) is 48.0 Å². The number of carbonyl (C=O) groups is 1. The Hall–Kier alpha value is -4.00. The van der Waals surface area contributed by atoms with Gasteiger partial charge < -0.3 is 10.1 Å². The van der Waals surface area contributed by atoms with Crippen molar-refractivity contribution in [2.24, 2.45) is 0 Å². The molecular formula is C23H18FN3O3. The molecule has 0 saturated carbocycles. The van der Waals surface area contributed by atoms with Crippen molar-refractivity contribution in [1.82, 2.24) is 14.9 Å². The van der Waals surface area contributed by atoms with E-state index in [2.05, 4.69) is 10.3 Å². The maximum Gasteiger partial charge on any atom is 0.265 e. The summed E-state index contributed by atoms with van der Waals surface area (Å²) in [5, 5.41) is 3.13. The molecule has 0 bridgehead atoms. The zero-order chi connectivity index (χ0) is 21.1. The van der Waals surface area contributed by atoms with Crippen molar-refractivity contribution in [3.05, 3.63) is 100 Å². The van der Waals surface area contributed by atoms with E-state index in [1.54, 1.807) is 31.4 Å². The van der Waals surface area contributed by atoms with E-state index in [9.17, 15) is 14.0 Å². The summed E-state index contributed by atoms with van der Waals surface area (Å²) in [6.45, 7) is 0.350. The molecule has 1 heterocycles. The normalized spacial score (nSPS) is 10.7. The van der Waals surface area contributed by atoms with E-state index in [-0.39, 0.29) is 11.6 Å². The highest BCUT2D eigenvalue weighted by Crippen LogP contribution is 2.15. The van der Waals surface area contributed by atoms with Crippen molar-refractivity contribution < 1.29 is 13.9 Å². The van der Waals surface area contributed by atoms with Gasteiger partial charge in [-0.1, -0.05) is 24.3 Å². The lowest BCUT2D eigenvalue weighted by Gasteiger charge is -2.09. The summed E-state index contributed by atoms with van der Waals surface area (Å²) in [6, 6.07) is 18.0. The largest absolute Gasteiger partial charge is 0.497 e. The van der Waals surface area contributed by atoms with Gasteiger partial charge in [0.25, 0.3) is 11.5 Å². The minimum Gasteiger partial charge on any atom is -0.497 e. The number of aromatic nitrogens is 2. The number of nitrogens with one attached hydrogen (secondary N) is 1. The smallest absolute Gasteiger partial charge is 0.265 e. The molecule has 3 aromatic carbocycles. The molecule has 0 aliphatic rings. The van der Waals surface area contributed by atoms with E-state index in [0.29, 0.717) is 23.0 Å². The second-order valence-corrected chi connectivity index (χ2v) is 6.63. The average molecular weight is 403 g/mol. The molecule has 6 nitrogen and oxygen atoms in total. The molecule has 0 aliphatic carbocycles. The van der Waals surface area contributed by atoms with Crippen molar-refractivity contribution >= 4 is 16.8 Å². The minimum absolute atomic E-state index is 0.123. The molecule has 1 aromatic heterocycles. The van der Waals surface area contributed by atoms with Gasteiger partial charge in [-0.3, -0.25) is 14.2 Å². The lowest BCUT2D eigenvalue weighted by atomic mass is 10.1. The van der Waals surface area contributed by atoms with E-state index in [4.69, 9.17) is 4.74 Å². The first-order chi connectivity index (χ1) is 14.6. The van der Waals surface area contributed by atoms with E-state index >= 15 is 0 Å². The van der Waals surface area contributed by atoms with Crippen LogP contribution in [0.2, 0.25) is 0 Å². The second kappa shape index (κ2) is 8.16. The Kier molecular flexibility index (Phi) is 5.26. The highest BCUT2D eigenvalue weighted by Gasteiger charge is 2.12. The first kappa shape index (κ1) is 19.3. The summed E-state index contributed by atoms with van der Waals surface area (Å²) in [5.74, 6) is -0.0604. The Bertz CT molecular complexity index is 1280. The molecule has 0 atom stereocenters. The number of ether oxygens (including phenoxy) is 1. The fraction of sp³-hybridized carbons (Fsp3) is 0.0870. The molecule has 0 unspecified atom stereocenters. The van der Waals surface area contributed by atoms with Crippen LogP contribution in [0.25, 0.3) is 16.6 Å². The number of benzene rings is 3. The first-order valence-electron chi connectivity index (χ1n) is 9.24. The number of hydrogen-bond acceptors (Lipinski definition) is 4. The van der Waals surface area contributed by atoms with Crippen LogP contribution in [0, 0.1) is 5.82 Å². The SMILES string of the molecule is COc1ccc(CNC(=O)c2ccc3c(=O)n(-c4ccccc4F)cnc3c2)cc1. The van der Waals surface area contributed by atoms with Crippen molar-refractivity contribution in [3.63, 3.8) is 0 Å². The third-order valence-corrected chi connectivity index (χ3v) is 4.75. The lowest BCUT2D eigenvalue weighted by Crippen LogP contribution is -2.23. The monoisotopic (exact) mass is 403 g/mol. The third-order valence-electron chi connectivity index (χ3n) is 4.75. The number of halogens is 1. The standard InChI is InChI=1S/C23H18FN3O3/c1-30-17-9-6-15(7-10-17)13-25-22(28)16-8-11-18-20(12-16)26-14-27(23(18)29)21-5-3-2-4-19(21)24/h2-12,14H,13H2,1H3,(H,25,28). The Morgan fingerprint density at radius 2 is 1.87 bits per heavy atom. The van der Waals surface area contributed by atoms with Crippen LogP contribution in [0.3, 0.4) is 0 Å². The van der Waals surface area contributed by atoms with Gasteiger partial charge in [0.1, 0.15) is 17.9 Å². The van der Waals surface area contributed by atoms with Gasteiger partial charge >= 0.3 is 0 Å². The summed E-state index contributed by atoms with van der Waals surface area (Å²) in [4.78, 5) is 29.5. The Morgan fingerprint density at radius 3 is 2.60 bits per heavy atom. The van der Waals surface area contributed by atoms with Gasteiger partial charge in [0.2, 0.25) is 0 Å². The fourth-order valence-corrected chi connectivity index (χ4v) is 3.11. The molecule has 4 rings (SSSR count). The zero-order valence-electron chi connectivity index (χ0n) is 16.1. The molecule has 0 spiro atoms. The number of methoxy groups -OCH3 is 1. The molecule has 1 amide bonds. The fourth-order valence-electron chi connectivity index (χ4n) is 3.11. The molecule has 0 fully saturated rings. The van der Waals surface area contributed by atoms with Crippen LogP contribution in [0.5, 0.6) is 5.75 Å². The predicted molar refractivity (Wildman–Crippen MR) is 111 cm³/mol. The van der Waals surface area contributed by atoms with Crippen LogP contribution in [-0.4, -0.2) is 22.6 Å². The van der Waals surface area contributed by atoms with Crippen LogP contribution in [0.1, 0.15) is 15.9 Å². The van der Waals surface area contributed by atoms with E-state index in [1.165, 1.54) is 24.5 Å². The number of hydrogen-bond donors (Lipinski definition) is 1. The van der Waals surface area contributed by atoms with Gasteiger partial charge in [0.15, 0.2) is 0 Å². The maximum atomic E-state index is 14.0. The number of rotatable bonds is 5. The first-order valence-corrected chi connectivity index (χ1v) is 9.24.